The molecule has 2 saturated heterocycles. The van der Waals surface area contributed by atoms with E-state index < -0.39 is 23.7 Å². The van der Waals surface area contributed by atoms with E-state index in [2.05, 4.69) is 118 Å². The number of nitrogens with one attached hydrogen (secondary N) is 5. The van der Waals surface area contributed by atoms with E-state index in [-0.39, 0.29) is 77.1 Å². The Bertz CT molecular complexity index is 4570. The van der Waals surface area contributed by atoms with E-state index in [9.17, 15) is 33.2 Å². The first-order valence-electron chi connectivity index (χ1n) is 30.6. The molecule has 10 aromatic rings. The van der Waals surface area contributed by atoms with Crippen LogP contribution in [-0.2, 0) is 44.9 Å². The Kier molecular flexibility index (Phi) is 27.6. The Balaban J connectivity index is 0.000000217. The van der Waals surface area contributed by atoms with Crippen molar-refractivity contribution in [3.63, 3.8) is 0 Å². The van der Waals surface area contributed by atoms with Gasteiger partial charge in [-0.1, -0.05) is 60.7 Å². The van der Waals surface area contributed by atoms with Crippen LogP contribution in [0.25, 0.3) is 66.6 Å². The van der Waals surface area contributed by atoms with Gasteiger partial charge in [-0.2, -0.15) is 0 Å². The third kappa shape index (κ3) is 19.8. The summed E-state index contributed by atoms with van der Waals surface area (Å²) < 4.78 is 44.6. The van der Waals surface area contributed by atoms with Crippen LogP contribution in [0.3, 0.4) is 0 Å². The van der Waals surface area contributed by atoms with Crippen LogP contribution >= 0.6 is 0 Å². The van der Waals surface area contributed by atoms with Gasteiger partial charge in [0.2, 0.25) is 17.8 Å². The van der Waals surface area contributed by atoms with Crippen molar-refractivity contribution in [2.24, 2.45) is 5.73 Å². The number of amides is 2. The Morgan fingerprint density at radius 3 is 1.40 bits per heavy atom. The molecule has 0 bridgehead atoms. The SMILES string of the molecule is CC(=O)OOC(C)=O.COc1cc(-c2cccc(-c3cccc(Nc4cncc5nccnc45)c3C)c2C)cc(F)c1C=O.COc1cc(-c2cccc(-c3cccc(Nc4cncc5nccnc45)c3C)c2C)cc(F)c1CN[C@@H]1CNC(=O)C1.N[C@@H]1CNC(=O)C1.[B-]OC(C)=O.[Na+]. The van der Waals surface area contributed by atoms with Gasteiger partial charge in [-0.05, 0) is 131 Å². The van der Waals surface area contributed by atoms with Gasteiger partial charge in [-0.3, -0.25) is 49.1 Å². The fourth-order valence-electron chi connectivity index (χ4n) is 10.8. The Hall–Kier alpha value is -10.6. The number of aromatic nitrogens is 6. The molecule has 6 heterocycles. The summed E-state index contributed by atoms with van der Waals surface area (Å²) in [5.41, 5.74) is 23.4. The van der Waals surface area contributed by atoms with Gasteiger partial charge in [0, 0.05) is 107 Å². The maximum atomic E-state index is 15.5. The van der Waals surface area contributed by atoms with Crippen molar-refractivity contribution in [3.8, 4) is 56.0 Å². The number of carbonyl (C=O) groups is 6. The smallest absolute Gasteiger partial charge is 0.793 e. The monoisotopic (exact) mass is 1350 g/mol. The molecule has 0 unspecified atom stereocenters. The predicted molar refractivity (Wildman–Crippen MR) is 368 cm³/mol. The molecule has 2 aliphatic heterocycles. The second-order valence-corrected chi connectivity index (χ2v) is 22.3. The number of rotatable bonds is 14. The van der Waals surface area contributed by atoms with Gasteiger partial charge in [0.25, 0.3) is 0 Å². The first kappa shape index (κ1) is 75.7. The van der Waals surface area contributed by atoms with Crippen LogP contribution in [0.5, 0.6) is 11.5 Å². The maximum absolute atomic E-state index is 15.5. The summed E-state index contributed by atoms with van der Waals surface area (Å²) in [4.78, 5) is 96.1. The fourth-order valence-corrected chi connectivity index (χ4v) is 10.8. The van der Waals surface area contributed by atoms with Gasteiger partial charge >= 0.3 is 41.5 Å². The third-order valence-electron chi connectivity index (χ3n) is 15.6. The molecule has 99 heavy (non-hydrogen) atoms. The number of hydrogen-bond acceptors (Lipinski definition) is 21. The molecule has 503 valence electrons. The molecule has 2 amide bonds. The number of anilines is 4. The maximum Gasteiger partial charge on any atom is 1.00 e. The van der Waals surface area contributed by atoms with Gasteiger partial charge in [-0.15, -0.1) is 0 Å². The molecule has 2 aliphatic rings. The van der Waals surface area contributed by atoms with Crippen LogP contribution < -0.4 is 71.3 Å². The summed E-state index contributed by atoms with van der Waals surface area (Å²) in [6.07, 6.45) is 14.8. The number of halogens is 2. The fraction of sp³-hybridized carbons (Fsp3) is 0.222. The summed E-state index contributed by atoms with van der Waals surface area (Å²) in [5, 5.41) is 15.6. The van der Waals surface area contributed by atoms with Crippen LogP contribution in [0.15, 0.2) is 147 Å². The molecule has 2 atom stereocenters. The van der Waals surface area contributed by atoms with Crippen molar-refractivity contribution < 1.29 is 91.0 Å². The predicted octanol–water partition coefficient (Wildman–Crippen LogP) is 8.02. The van der Waals surface area contributed by atoms with E-state index >= 15 is 4.39 Å². The summed E-state index contributed by atoms with van der Waals surface area (Å²) >= 11 is 0. The first-order chi connectivity index (χ1) is 47.1. The second kappa shape index (κ2) is 36.1. The minimum absolute atomic E-state index is 0. The second-order valence-electron chi connectivity index (χ2n) is 22.3. The van der Waals surface area contributed by atoms with Crippen LogP contribution in [0.1, 0.15) is 71.8 Å². The largest absolute Gasteiger partial charge is 1.00 e. The number of nitrogens with zero attached hydrogens (tertiary/aromatic N) is 6. The van der Waals surface area contributed by atoms with E-state index in [1.807, 2.05) is 67.6 Å². The van der Waals surface area contributed by atoms with E-state index in [0.29, 0.717) is 54.6 Å². The molecule has 2 fully saturated rings. The molecule has 27 heteroatoms. The normalized spacial score (nSPS) is 13.3. The van der Waals surface area contributed by atoms with Gasteiger partial charge < -0.3 is 54.5 Å². The van der Waals surface area contributed by atoms with Crippen molar-refractivity contribution in [2.75, 3.05) is 37.9 Å². The topological polar surface area (TPSA) is 312 Å². The molecular weight excluding hydrogens is 1280 g/mol. The Morgan fingerprint density at radius 2 is 1.00 bits per heavy atom. The standard InChI is InChI=1S/C33H31FN6O2.C29H23FN4O2.C4H8N2O.C4H6O4.C2H3BO2.Na/c1-19-23(21-12-27(34)26(31(13-21)42-3)16-38-22-14-32(41)39-15-22)6-4-7-24(19)25-8-5-9-28(20(25)2)40-30-18-35-17-29-33(30)37-11-10-36-29;1-17-20(19-12-24(30)23(16-35)28(13-19)36-3)6-4-7-21(17)22-8-5-9-25(18(22)2)34-27-15-31-14-26-29(27)33-11-10-32-26;5-3-1-4(7)6-2-3;1-3(5)7-8-4(2)6;1-2(4)5-3;/h4-13,17-18,22,38,40H,14-16H2,1-3H3,(H,39,41);4-16,34H,1-3H3;3H,1-2,5H2,(H,6,7);1-2H3;1H3;/q;;;;-1;+1/t22-;;3-;;;/m0.0.../s1. The molecule has 0 aliphatic carbocycles. The average molecular weight is 1350 g/mol. The van der Waals surface area contributed by atoms with Gasteiger partial charge in [-0.25, -0.2) is 28.1 Å². The molecular formula is C72H71BF2N12NaO11. The van der Waals surface area contributed by atoms with Crippen LogP contribution in [0.2, 0.25) is 0 Å². The van der Waals surface area contributed by atoms with E-state index in [1.54, 1.807) is 68.8 Å². The molecule has 23 nitrogen and oxygen atoms in total. The van der Waals surface area contributed by atoms with Crippen molar-refractivity contribution in [1.29, 1.82) is 0 Å². The quantitative estimate of drug-likeness (QED) is 0.0260. The van der Waals surface area contributed by atoms with Crippen LogP contribution in [-0.4, -0.2) is 113 Å². The molecule has 7 N–H and O–H groups in total. The van der Waals surface area contributed by atoms with Crippen molar-refractivity contribution in [1.82, 2.24) is 45.9 Å². The van der Waals surface area contributed by atoms with Gasteiger partial charge in [0.1, 0.15) is 45.2 Å². The zero-order valence-electron chi connectivity index (χ0n) is 56.2. The summed E-state index contributed by atoms with van der Waals surface area (Å²) in [6, 6.07) is 30.7. The van der Waals surface area contributed by atoms with E-state index in [4.69, 9.17) is 15.2 Å². The van der Waals surface area contributed by atoms with Crippen LogP contribution in [0, 0.1) is 39.3 Å². The number of nitrogens with two attached hydrogens (primary N) is 1. The summed E-state index contributed by atoms with van der Waals surface area (Å²) in [5.74, 6) is -1.96. The average Bonchev–Trinajstić information content (AvgIpc) is 1.09. The van der Waals surface area contributed by atoms with E-state index in [0.717, 1.165) is 114 Å². The number of ether oxygens (including phenoxy) is 2. The number of benzene rings is 6. The number of methoxy groups -OCH3 is 2. The van der Waals surface area contributed by atoms with Crippen molar-refractivity contribution in [2.45, 2.75) is 79.9 Å². The first-order valence-corrected chi connectivity index (χ1v) is 30.6. The van der Waals surface area contributed by atoms with Crippen LogP contribution in [0.4, 0.5) is 31.5 Å². The number of hydrogen-bond donors (Lipinski definition) is 6. The van der Waals surface area contributed by atoms with Gasteiger partial charge in [0.15, 0.2) is 6.29 Å². The minimum atomic E-state index is -0.639. The number of carbonyl (C=O) groups excluding carboxylic acids is 6. The molecule has 0 saturated carbocycles. The molecule has 6 aromatic carbocycles. The van der Waals surface area contributed by atoms with Gasteiger partial charge in [0.05, 0.1) is 55.9 Å². The Labute approximate surface area is 593 Å². The van der Waals surface area contributed by atoms with Crippen molar-refractivity contribution >= 4 is 88.9 Å². The zero-order chi connectivity index (χ0) is 70.6. The van der Waals surface area contributed by atoms with E-state index in [1.165, 1.54) is 20.1 Å². The number of aldehydes is 1. The minimum Gasteiger partial charge on any atom is -0.793 e. The van der Waals surface area contributed by atoms with Crippen molar-refractivity contribution in [3.05, 3.63) is 192 Å². The number of fused-ring (bicyclic) bond motifs is 2. The molecule has 0 spiro atoms. The zero-order valence-corrected chi connectivity index (χ0v) is 58.2. The summed E-state index contributed by atoms with van der Waals surface area (Å²) in [7, 11) is 7.29. The summed E-state index contributed by atoms with van der Waals surface area (Å²) in [6.45, 7) is 13.2. The third-order valence-corrected chi connectivity index (χ3v) is 15.6. The molecule has 4 aromatic heterocycles. The molecule has 3 radical (unpaired) electrons. The number of pyridine rings is 2. The Morgan fingerprint density at radius 1 is 0.576 bits per heavy atom. The molecule has 12 rings (SSSR count).